The van der Waals surface area contributed by atoms with Gasteiger partial charge in [0.2, 0.25) is 0 Å². The van der Waals surface area contributed by atoms with Crippen molar-refractivity contribution < 1.29 is 0 Å². The normalized spacial score (nSPS) is 10.9. The number of aryl methyl sites for hydroxylation is 5. The van der Waals surface area contributed by atoms with Crippen LogP contribution in [-0.4, -0.2) is 9.55 Å². The van der Waals surface area contributed by atoms with Crippen LogP contribution in [0.15, 0.2) is 24.4 Å². The van der Waals surface area contributed by atoms with Gasteiger partial charge in [0.1, 0.15) is 5.82 Å². The molecular formula is C15H21N3. The fraction of sp³-hybridized carbons (Fsp3) is 0.400. The Kier molecular flexibility index (Phi) is 3.82. The molecule has 0 aliphatic carbocycles. The first-order chi connectivity index (χ1) is 8.60. The molecule has 0 bridgehead atoms. The molecule has 1 aromatic carbocycles. The van der Waals surface area contributed by atoms with Gasteiger partial charge in [-0.1, -0.05) is 23.8 Å². The molecule has 3 nitrogen and oxygen atoms in total. The van der Waals surface area contributed by atoms with Crippen LogP contribution in [0.3, 0.4) is 0 Å². The molecule has 2 aromatic rings. The maximum absolute atomic E-state index is 5.63. The molecule has 0 saturated carbocycles. The molecule has 0 saturated heterocycles. The Bertz CT molecular complexity index is 541. The van der Waals surface area contributed by atoms with Crippen LogP contribution >= 0.6 is 0 Å². The summed E-state index contributed by atoms with van der Waals surface area (Å²) in [6, 6.07) is 6.61. The standard InChI is InChI=1S/C15H21N3/c1-11-4-5-12(2)13(8-11)6-7-14-10-18(3)15(9-16)17-14/h4-5,8,10H,6-7,9,16H2,1-3H3. The van der Waals surface area contributed by atoms with E-state index in [9.17, 15) is 0 Å². The van der Waals surface area contributed by atoms with Gasteiger partial charge in [-0.15, -0.1) is 0 Å². The molecule has 2 N–H and O–H groups in total. The van der Waals surface area contributed by atoms with E-state index in [0.717, 1.165) is 24.4 Å². The predicted octanol–water partition coefficient (Wildman–Crippen LogP) is 2.28. The minimum atomic E-state index is 0.500. The minimum Gasteiger partial charge on any atom is -0.337 e. The molecule has 1 heterocycles. The Morgan fingerprint density at radius 3 is 2.67 bits per heavy atom. The molecule has 18 heavy (non-hydrogen) atoms. The zero-order chi connectivity index (χ0) is 13.1. The fourth-order valence-corrected chi connectivity index (χ4v) is 2.21. The lowest BCUT2D eigenvalue weighted by atomic mass is 10.0. The first-order valence-electron chi connectivity index (χ1n) is 6.37. The van der Waals surface area contributed by atoms with E-state index in [4.69, 9.17) is 5.73 Å². The minimum absolute atomic E-state index is 0.500. The molecular weight excluding hydrogens is 222 g/mol. The van der Waals surface area contributed by atoms with E-state index >= 15 is 0 Å². The average molecular weight is 243 g/mol. The summed E-state index contributed by atoms with van der Waals surface area (Å²) in [5, 5.41) is 0. The topological polar surface area (TPSA) is 43.8 Å². The van der Waals surface area contributed by atoms with E-state index in [1.54, 1.807) is 0 Å². The van der Waals surface area contributed by atoms with E-state index in [0.29, 0.717) is 6.54 Å². The highest BCUT2D eigenvalue weighted by Crippen LogP contribution is 2.13. The molecule has 2 rings (SSSR count). The Morgan fingerprint density at radius 2 is 2.00 bits per heavy atom. The lowest BCUT2D eigenvalue weighted by molar-refractivity contribution is 0.793. The van der Waals surface area contributed by atoms with E-state index < -0.39 is 0 Å². The van der Waals surface area contributed by atoms with Gasteiger partial charge in [0, 0.05) is 13.2 Å². The summed E-state index contributed by atoms with van der Waals surface area (Å²) in [5.74, 6) is 0.950. The molecule has 0 spiro atoms. The van der Waals surface area contributed by atoms with Crippen LogP contribution in [0.4, 0.5) is 0 Å². The summed E-state index contributed by atoms with van der Waals surface area (Å²) in [6.07, 6.45) is 4.08. The Balaban J connectivity index is 2.08. The second kappa shape index (κ2) is 5.36. The third-order valence-corrected chi connectivity index (χ3v) is 3.36. The maximum Gasteiger partial charge on any atom is 0.122 e. The molecule has 0 radical (unpaired) electrons. The zero-order valence-electron chi connectivity index (χ0n) is 11.4. The van der Waals surface area contributed by atoms with E-state index in [1.165, 1.54) is 16.7 Å². The summed E-state index contributed by atoms with van der Waals surface area (Å²) >= 11 is 0. The number of nitrogens with zero attached hydrogens (tertiary/aromatic N) is 2. The van der Waals surface area contributed by atoms with Crippen LogP contribution in [-0.2, 0) is 26.4 Å². The van der Waals surface area contributed by atoms with Crippen molar-refractivity contribution in [2.24, 2.45) is 12.8 Å². The lowest BCUT2D eigenvalue weighted by Crippen LogP contribution is -2.03. The van der Waals surface area contributed by atoms with Crippen molar-refractivity contribution in [1.29, 1.82) is 0 Å². The second-order valence-corrected chi connectivity index (χ2v) is 4.89. The summed E-state index contributed by atoms with van der Waals surface area (Å²) in [5.41, 5.74) is 10.8. The van der Waals surface area contributed by atoms with E-state index in [2.05, 4.69) is 43.2 Å². The quantitative estimate of drug-likeness (QED) is 0.895. The third kappa shape index (κ3) is 2.79. The number of aromatic nitrogens is 2. The molecule has 0 amide bonds. The average Bonchev–Trinajstić information content (AvgIpc) is 2.71. The van der Waals surface area contributed by atoms with Crippen LogP contribution in [0.2, 0.25) is 0 Å². The zero-order valence-corrected chi connectivity index (χ0v) is 11.4. The van der Waals surface area contributed by atoms with Crippen molar-refractivity contribution in [2.75, 3.05) is 0 Å². The van der Waals surface area contributed by atoms with Crippen LogP contribution < -0.4 is 5.73 Å². The molecule has 0 fully saturated rings. The van der Waals surface area contributed by atoms with Gasteiger partial charge >= 0.3 is 0 Å². The van der Waals surface area contributed by atoms with Gasteiger partial charge in [-0.2, -0.15) is 0 Å². The molecule has 0 aliphatic heterocycles. The number of rotatable bonds is 4. The highest BCUT2D eigenvalue weighted by Gasteiger charge is 2.05. The maximum atomic E-state index is 5.63. The fourth-order valence-electron chi connectivity index (χ4n) is 2.21. The van der Waals surface area contributed by atoms with Gasteiger partial charge in [0.15, 0.2) is 0 Å². The lowest BCUT2D eigenvalue weighted by Gasteiger charge is -2.05. The Morgan fingerprint density at radius 1 is 1.22 bits per heavy atom. The Hall–Kier alpha value is -1.61. The second-order valence-electron chi connectivity index (χ2n) is 4.89. The van der Waals surface area contributed by atoms with Gasteiger partial charge < -0.3 is 10.3 Å². The van der Waals surface area contributed by atoms with Crippen molar-refractivity contribution in [3.05, 3.63) is 52.6 Å². The summed E-state index contributed by atoms with van der Waals surface area (Å²) < 4.78 is 2.01. The van der Waals surface area contributed by atoms with Crippen molar-refractivity contribution >= 4 is 0 Å². The number of benzene rings is 1. The summed E-state index contributed by atoms with van der Waals surface area (Å²) in [7, 11) is 2.00. The highest BCUT2D eigenvalue weighted by atomic mass is 15.1. The van der Waals surface area contributed by atoms with Crippen LogP contribution in [0.25, 0.3) is 0 Å². The number of hydrogen-bond acceptors (Lipinski definition) is 2. The predicted molar refractivity (Wildman–Crippen MR) is 74.4 cm³/mol. The van der Waals surface area contributed by atoms with Crippen LogP contribution in [0.1, 0.15) is 28.2 Å². The van der Waals surface area contributed by atoms with Crippen molar-refractivity contribution in [1.82, 2.24) is 9.55 Å². The van der Waals surface area contributed by atoms with Crippen LogP contribution in [0.5, 0.6) is 0 Å². The molecule has 1 aromatic heterocycles. The third-order valence-electron chi connectivity index (χ3n) is 3.36. The number of imidazole rings is 1. The van der Waals surface area contributed by atoms with E-state index in [1.807, 2.05) is 11.6 Å². The van der Waals surface area contributed by atoms with Crippen molar-refractivity contribution in [2.45, 2.75) is 33.2 Å². The Labute approximate surface area is 109 Å². The monoisotopic (exact) mass is 243 g/mol. The first kappa shape index (κ1) is 12.8. The highest BCUT2D eigenvalue weighted by molar-refractivity contribution is 5.31. The SMILES string of the molecule is Cc1ccc(C)c(CCc2cn(C)c(CN)n2)c1. The van der Waals surface area contributed by atoms with Gasteiger partial charge in [0.25, 0.3) is 0 Å². The van der Waals surface area contributed by atoms with Gasteiger partial charge in [-0.05, 0) is 37.8 Å². The van der Waals surface area contributed by atoms with Gasteiger partial charge in [0.05, 0.1) is 12.2 Å². The number of hydrogen-bond donors (Lipinski definition) is 1. The molecule has 0 aliphatic rings. The summed E-state index contributed by atoms with van der Waals surface area (Å²) in [4.78, 5) is 4.53. The summed E-state index contributed by atoms with van der Waals surface area (Å²) in [6.45, 7) is 4.80. The van der Waals surface area contributed by atoms with Crippen molar-refractivity contribution in [3.63, 3.8) is 0 Å². The molecule has 0 atom stereocenters. The van der Waals surface area contributed by atoms with Crippen LogP contribution in [0, 0.1) is 13.8 Å². The largest absolute Gasteiger partial charge is 0.337 e. The molecule has 0 unspecified atom stereocenters. The van der Waals surface area contributed by atoms with E-state index in [-0.39, 0.29) is 0 Å². The van der Waals surface area contributed by atoms with Gasteiger partial charge in [-0.25, -0.2) is 4.98 Å². The molecule has 96 valence electrons. The molecule has 3 heteroatoms. The van der Waals surface area contributed by atoms with Gasteiger partial charge in [-0.3, -0.25) is 0 Å². The first-order valence-corrected chi connectivity index (χ1v) is 6.37. The number of nitrogens with two attached hydrogens (primary N) is 1. The smallest absolute Gasteiger partial charge is 0.122 e. The van der Waals surface area contributed by atoms with Crippen molar-refractivity contribution in [3.8, 4) is 0 Å².